The maximum absolute atomic E-state index is 11.3. The van der Waals surface area contributed by atoms with E-state index in [1.807, 2.05) is 0 Å². The van der Waals surface area contributed by atoms with Gasteiger partial charge in [0.1, 0.15) is 5.75 Å². The lowest BCUT2D eigenvalue weighted by atomic mass is 10.1. The first-order valence-corrected chi connectivity index (χ1v) is 8.68. The number of nitro groups is 1. The van der Waals surface area contributed by atoms with Gasteiger partial charge in [-0.25, -0.2) is 0 Å². The van der Waals surface area contributed by atoms with Gasteiger partial charge in [0.15, 0.2) is 11.3 Å². The molecule has 2 aromatic carbocycles. The average Bonchev–Trinajstić information content (AvgIpc) is 2.92. The third kappa shape index (κ3) is 3.98. The van der Waals surface area contributed by atoms with Crippen molar-refractivity contribution < 1.29 is 9.66 Å². The third-order valence-corrected chi connectivity index (χ3v) is 4.86. The molecule has 128 valence electrons. The van der Waals surface area contributed by atoms with Gasteiger partial charge < -0.3 is 4.74 Å². The fourth-order valence-corrected chi connectivity index (χ4v) is 3.10. The highest BCUT2D eigenvalue weighted by Gasteiger charge is 2.22. The van der Waals surface area contributed by atoms with Crippen LogP contribution in [0.4, 0.5) is 5.69 Å². The van der Waals surface area contributed by atoms with Gasteiger partial charge in [-0.1, -0.05) is 35.3 Å². The molecule has 25 heavy (non-hydrogen) atoms. The number of rotatable bonds is 5. The Morgan fingerprint density at radius 2 is 1.60 bits per heavy atom. The average molecular weight is 442 g/mol. The lowest BCUT2D eigenvalue weighted by molar-refractivity contribution is -0.385. The molecule has 0 amide bonds. The molecule has 0 spiro atoms. The van der Waals surface area contributed by atoms with Gasteiger partial charge in [0.2, 0.25) is 0 Å². The van der Waals surface area contributed by atoms with Gasteiger partial charge >= 0.3 is 5.69 Å². The van der Waals surface area contributed by atoms with Gasteiger partial charge in [0, 0.05) is 16.1 Å². The van der Waals surface area contributed by atoms with Crippen LogP contribution in [0.2, 0.25) is 10.0 Å². The highest BCUT2D eigenvalue weighted by atomic mass is 79.9. The Bertz CT molecular complexity index is 909. The van der Waals surface area contributed by atoms with Crippen molar-refractivity contribution in [3.63, 3.8) is 0 Å². The number of halogens is 3. The van der Waals surface area contributed by atoms with Crippen molar-refractivity contribution in [2.75, 3.05) is 0 Å². The molecule has 0 saturated heterocycles. The van der Waals surface area contributed by atoms with Crippen LogP contribution < -0.4 is 4.74 Å². The summed E-state index contributed by atoms with van der Waals surface area (Å²) in [6, 6.07) is 15.4. The van der Waals surface area contributed by atoms with Gasteiger partial charge in [0.25, 0.3) is 0 Å². The number of hydrogen-bond donors (Lipinski definition) is 0. The quantitative estimate of drug-likeness (QED) is 0.351. The van der Waals surface area contributed by atoms with E-state index in [-0.39, 0.29) is 12.4 Å². The predicted molar refractivity (Wildman–Crippen MR) is 101 cm³/mol. The van der Waals surface area contributed by atoms with E-state index in [1.54, 1.807) is 53.1 Å². The van der Waals surface area contributed by atoms with Crippen LogP contribution >= 0.6 is 39.1 Å². The van der Waals surface area contributed by atoms with Crippen molar-refractivity contribution in [3.8, 4) is 17.0 Å². The summed E-state index contributed by atoms with van der Waals surface area (Å²) in [7, 11) is 0. The Balaban J connectivity index is 1.96. The smallest absolute Gasteiger partial charge is 0.302 e. The first-order chi connectivity index (χ1) is 12.0. The fourth-order valence-electron chi connectivity index (χ4n) is 2.29. The van der Waals surface area contributed by atoms with E-state index < -0.39 is 4.92 Å². The molecule has 5 nitrogen and oxygen atoms in total. The molecule has 0 unspecified atom stereocenters. The Morgan fingerprint density at radius 3 is 2.16 bits per heavy atom. The van der Waals surface area contributed by atoms with E-state index in [9.17, 15) is 10.1 Å². The van der Waals surface area contributed by atoms with Crippen molar-refractivity contribution in [1.82, 2.24) is 4.57 Å². The molecule has 3 rings (SSSR count). The van der Waals surface area contributed by atoms with E-state index in [4.69, 9.17) is 27.9 Å². The number of benzene rings is 2. The zero-order valence-corrected chi connectivity index (χ0v) is 15.8. The maximum Gasteiger partial charge on any atom is 0.302 e. The molecule has 1 heterocycles. The topological polar surface area (TPSA) is 57.3 Å². The first-order valence-electron chi connectivity index (χ1n) is 7.13. The highest BCUT2D eigenvalue weighted by molar-refractivity contribution is 9.10. The predicted octanol–water partition coefficient (Wildman–Crippen LogP) is 6.17. The minimum Gasteiger partial charge on any atom is -0.473 e. The third-order valence-electron chi connectivity index (χ3n) is 3.52. The van der Waals surface area contributed by atoms with Crippen LogP contribution in [0.1, 0.15) is 0 Å². The van der Waals surface area contributed by atoms with Crippen molar-refractivity contribution in [3.05, 3.63) is 79.4 Å². The normalized spacial score (nSPS) is 10.7. The lowest BCUT2D eigenvalue weighted by Crippen LogP contribution is -2.07. The molecule has 0 N–H and O–H groups in total. The van der Waals surface area contributed by atoms with Crippen molar-refractivity contribution in [2.45, 2.75) is 6.73 Å². The summed E-state index contributed by atoms with van der Waals surface area (Å²) in [4.78, 5) is 10.8. The number of nitrogens with zero attached hydrogens (tertiary/aromatic N) is 2. The zero-order chi connectivity index (χ0) is 18.0. The molecular weight excluding hydrogens is 431 g/mol. The summed E-state index contributed by atoms with van der Waals surface area (Å²) < 4.78 is 7.74. The Hall–Kier alpha value is -2.02. The van der Waals surface area contributed by atoms with E-state index in [0.29, 0.717) is 26.1 Å². The van der Waals surface area contributed by atoms with E-state index >= 15 is 0 Å². The van der Waals surface area contributed by atoms with Gasteiger partial charge in [-0.15, -0.1) is 0 Å². The molecule has 0 saturated carbocycles. The molecule has 0 atom stereocenters. The van der Waals surface area contributed by atoms with E-state index in [0.717, 1.165) is 5.56 Å². The molecule has 3 aromatic rings. The number of aromatic nitrogens is 1. The Morgan fingerprint density at radius 1 is 1.04 bits per heavy atom. The summed E-state index contributed by atoms with van der Waals surface area (Å²) in [5.41, 5.74) is 1.40. The van der Waals surface area contributed by atoms with Gasteiger partial charge in [-0.2, -0.15) is 0 Å². The summed E-state index contributed by atoms with van der Waals surface area (Å²) >= 11 is 15.1. The van der Waals surface area contributed by atoms with E-state index in [2.05, 4.69) is 15.9 Å². The number of ether oxygens (including phenoxy) is 1. The second-order valence-corrected chi connectivity index (χ2v) is 6.75. The molecule has 0 fully saturated rings. The van der Waals surface area contributed by atoms with Crippen LogP contribution in [-0.4, -0.2) is 9.49 Å². The maximum atomic E-state index is 11.3. The molecule has 8 heteroatoms. The molecule has 1 aromatic heterocycles. The van der Waals surface area contributed by atoms with Gasteiger partial charge in [0.05, 0.1) is 10.6 Å². The minimum absolute atomic E-state index is 0.0374. The van der Waals surface area contributed by atoms with Gasteiger partial charge in [-0.05, 0) is 57.9 Å². The second-order valence-electron chi connectivity index (χ2n) is 5.13. The van der Waals surface area contributed by atoms with Crippen LogP contribution in [0.15, 0.2) is 59.2 Å². The summed E-state index contributed by atoms with van der Waals surface area (Å²) in [6.07, 6.45) is 0. The molecule has 0 bridgehead atoms. The van der Waals surface area contributed by atoms with Crippen LogP contribution in [-0.2, 0) is 6.73 Å². The molecule has 0 aliphatic rings. The SMILES string of the molecule is O=[N+]([O-])c1cc(-c2ccc(Cl)cc2)n(COc2ccc(Cl)cc2)c1Br. The van der Waals surface area contributed by atoms with Crippen molar-refractivity contribution in [2.24, 2.45) is 0 Å². The van der Waals surface area contributed by atoms with E-state index in [1.165, 1.54) is 6.07 Å². The lowest BCUT2D eigenvalue weighted by Gasteiger charge is -2.12. The molecule has 0 radical (unpaired) electrons. The van der Waals surface area contributed by atoms with Crippen molar-refractivity contribution in [1.29, 1.82) is 0 Å². The van der Waals surface area contributed by atoms with Crippen molar-refractivity contribution >= 4 is 44.8 Å². The highest BCUT2D eigenvalue weighted by Crippen LogP contribution is 2.35. The Labute approximate surface area is 162 Å². The first kappa shape index (κ1) is 17.8. The standard InChI is InChI=1S/C17H11BrCl2N2O3/c18-17-16(22(23)24)9-15(11-1-3-12(19)4-2-11)21(17)10-25-14-7-5-13(20)6-8-14/h1-9H,10H2. The number of hydrogen-bond acceptors (Lipinski definition) is 3. The fraction of sp³-hybridized carbons (Fsp3) is 0.0588. The van der Waals surface area contributed by atoms with Crippen LogP contribution in [0.25, 0.3) is 11.3 Å². The zero-order valence-electron chi connectivity index (χ0n) is 12.7. The summed E-state index contributed by atoms with van der Waals surface area (Å²) in [5, 5.41) is 12.5. The monoisotopic (exact) mass is 440 g/mol. The Kier molecular flexibility index (Phi) is 5.32. The van der Waals surface area contributed by atoms with Crippen LogP contribution in [0.5, 0.6) is 5.75 Å². The molecule has 0 aliphatic heterocycles. The summed E-state index contributed by atoms with van der Waals surface area (Å²) in [6.45, 7) is 0.0913. The largest absolute Gasteiger partial charge is 0.473 e. The van der Waals surface area contributed by atoms with Crippen LogP contribution in [0, 0.1) is 10.1 Å². The second kappa shape index (κ2) is 7.47. The van der Waals surface area contributed by atoms with Crippen LogP contribution in [0.3, 0.4) is 0 Å². The molecule has 0 aliphatic carbocycles. The van der Waals surface area contributed by atoms with Gasteiger partial charge in [-0.3, -0.25) is 14.7 Å². The summed E-state index contributed by atoms with van der Waals surface area (Å²) in [5.74, 6) is 0.606. The molecular formula is C17H11BrCl2N2O3. The minimum atomic E-state index is -0.442.